The van der Waals surface area contributed by atoms with E-state index in [4.69, 9.17) is 16.3 Å². The molecule has 0 unspecified atom stereocenters. The monoisotopic (exact) mass is 418 g/mol. The van der Waals surface area contributed by atoms with Gasteiger partial charge in [-0.25, -0.2) is 0 Å². The van der Waals surface area contributed by atoms with Gasteiger partial charge in [-0.1, -0.05) is 33.6 Å². The maximum Gasteiger partial charge on any atom is 0.266 e. The predicted octanol–water partition coefficient (Wildman–Crippen LogP) is 5.36. The number of halogens is 2. The molecule has 0 saturated carbocycles. The molecule has 1 amide bonds. The molecule has 0 atom stereocenters. The van der Waals surface area contributed by atoms with Crippen LogP contribution >= 0.6 is 27.5 Å². The highest BCUT2D eigenvalue weighted by atomic mass is 79.9. The van der Waals surface area contributed by atoms with Gasteiger partial charge in [0.1, 0.15) is 17.4 Å². The molecule has 0 fully saturated rings. The Morgan fingerprint density at radius 1 is 1.36 bits per heavy atom. The van der Waals surface area contributed by atoms with Crippen LogP contribution in [0.1, 0.15) is 18.1 Å². The summed E-state index contributed by atoms with van der Waals surface area (Å²) >= 11 is 9.35. The molecule has 6 heteroatoms. The van der Waals surface area contributed by atoms with Crippen LogP contribution in [0.3, 0.4) is 0 Å². The third-order valence-electron chi connectivity index (χ3n) is 3.33. The fourth-order valence-electron chi connectivity index (χ4n) is 2.15. The van der Waals surface area contributed by atoms with Crippen molar-refractivity contribution in [3.8, 4) is 11.8 Å². The first-order valence-corrected chi connectivity index (χ1v) is 8.72. The highest BCUT2D eigenvalue weighted by molar-refractivity contribution is 9.10. The molecule has 2 rings (SSSR count). The largest absolute Gasteiger partial charge is 0.494 e. The van der Waals surface area contributed by atoms with Gasteiger partial charge in [-0.15, -0.1) is 0 Å². The third-order valence-corrected chi connectivity index (χ3v) is 4.02. The minimum absolute atomic E-state index is 0.0140. The highest BCUT2D eigenvalue weighted by Crippen LogP contribution is 2.24. The lowest BCUT2D eigenvalue weighted by Gasteiger charge is -2.09. The van der Waals surface area contributed by atoms with Gasteiger partial charge in [-0.05, 0) is 61.4 Å². The maximum atomic E-state index is 12.4. The number of amides is 1. The van der Waals surface area contributed by atoms with E-state index in [1.807, 2.05) is 26.0 Å². The Morgan fingerprint density at radius 2 is 2.12 bits per heavy atom. The summed E-state index contributed by atoms with van der Waals surface area (Å²) in [5.74, 6) is 0.164. The van der Waals surface area contributed by atoms with Gasteiger partial charge in [0.2, 0.25) is 0 Å². The van der Waals surface area contributed by atoms with Gasteiger partial charge in [0.25, 0.3) is 5.91 Å². The van der Waals surface area contributed by atoms with E-state index in [-0.39, 0.29) is 5.57 Å². The second kappa shape index (κ2) is 8.70. The Labute approximate surface area is 160 Å². The van der Waals surface area contributed by atoms with E-state index in [0.29, 0.717) is 28.6 Å². The molecule has 0 aliphatic heterocycles. The van der Waals surface area contributed by atoms with Crippen LogP contribution in [0.2, 0.25) is 5.02 Å². The second-order valence-electron chi connectivity index (χ2n) is 5.24. The lowest BCUT2D eigenvalue weighted by Crippen LogP contribution is -2.14. The molecule has 128 valence electrons. The van der Waals surface area contributed by atoms with Crippen LogP contribution in [0.25, 0.3) is 6.08 Å². The SMILES string of the molecule is CCOc1cc(Br)cc(/C=C(\C#N)C(=O)Nc2cc(Cl)ccc2C)c1. The van der Waals surface area contributed by atoms with Gasteiger partial charge in [0.05, 0.1) is 6.61 Å². The summed E-state index contributed by atoms with van der Waals surface area (Å²) in [5.41, 5.74) is 2.10. The van der Waals surface area contributed by atoms with Gasteiger partial charge in [0, 0.05) is 15.2 Å². The first kappa shape index (κ1) is 19.0. The quantitative estimate of drug-likeness (QED) is 0.524. The first-order chi connectivity index (χ1) is 11.9. The normalized spacial score (nSPS) is 10.9. The molecule has 0 aliphatic carbocycles. The smallest absolute Gasteiger partial charge is 0.266 e. The van der Waals surface area contributed by atoms with Crippen molar-refractivity contribution in [2.24, 2.45) is 0 Å². The zero-order valence-electron chi connectivity index (χ0n) is 13.8. The second-order valence-corrected chi connectivity index (χ2v) is 6.59. The number of hydrogen-bond donors (Lipinski definition) is 1. The van der Waals surface area contributed by atoms with Crippen molar-refractivity contribution in [2.45, 2.75) is 13.8 Å². The van der Waals surface area contributed by atoms with Gasteiger partial charge >= 0.3 is 0 Å². The van der Waals surface area contributed by atoms with Gasteiger partial charge in [-0.3, -0.25) is 4.79 Å². The number of ether oxygens (including phenoxy) is 1. The summed E-state index contributed by atoms with van der Waals surface area (Å²) in [6.07, 6.45) is 1.52. The van der Waals surface area contributed by atoms with Crippen LogP contribution < -0.4 is 10.1 Å². The van der Waals surface area contributed by atoms with Crippen molar-refractivity contribution in [3.05, 3.63) is 62.6 Å². The van der Waals surface area contributed by atoms with E-state index < -0.39 is 5.91 Å². The molecular weight excluding hydrogens is 404 g/mol. The minimum atomic E-state index is -0.495. The summed E-state index contributed by atoms with van der Waals surface area (Å²) in [5, 5.41) is 12.6. The topological polar surface area (TPSA) is 62.1 Å². The Hall–Kier alpha value is -2.29. The third kappa shape index (κ3) is 5.35. The lowest BCUT2D eigenvalue weighted by atomic mass is 10.1. The van der Waals surface area contributed by atoms with Gasteiger partial charge < -0.3 is 10.1 Å². The van der Waals surface area contributed by atoms with E-state index in [9.17, 15) is 10.1 Å². The van der Waals surface area contributed by atoms with Crippen LogP contribution in [0.5, 0.6) is 5.75 Å². The van der Waals surface area contributed by atoms with Gasteiger partial charge in [0.15, 0.2) is 0 Å². The number of nitrogens with one attached hydrogen (secondary N) is 1. The van der Waals surface area contributed by atoms with E-state index in [1.54, 1.807) is 30.3 Å². The van der Waals surface area contributed by atoms with Crippen LogP contribution in [0, 0.1) is 18.3 Å². The Morgan fingerprint density at radius 3 is 2.80 bits per heavy atom. The summed E-state index contributed by atoms with van der Waals surface area (Å²) in [6.45, 7) is 4.27. The van der Waals surface area contributed by atoms with Crippen molar-refractivity contribution in [2.75, 3.05) is 11.9 Å². The Balaban J connectivity index is 2.29. The average Bonchev–Trinajstić information content (AvgIpc) is 2.55. The summed E-state index contributed by atoms with van der Waals surface area (Å²) in [6, 6.07) is 12.5. The molecule has 4 nitrogen and oxygen atoms in total. The summed E-state index contributed by atoms with van der Waals surface area (Å²) in [7, 11) is 0. The van der Waals surface area contributed by atoms with Crippen LogP contribution in [0.4, 0.5) is 5.69 Å². The summed E-state index contributed by atoms with van der Waals surface area (Å²) in [4.78, 5) is 12.4. The fraction of sp³-hybridized carbons (Fsp3) is 0.158. The molecule has 0 aromatic heterocycles. The standard InChI is InChI=1S/C19H16BrClN2O2/c1-3-25-17-8-13(7-15(20)9-17)6-14(11-22)19(24)23-18-10-16(21)5-4-12(18)2/h4-10H,3H2,1-2H3,(H,23,24)/b14-6+. The number of hydrogen-bond acceptors (Lipinski definition) is 3. The first-order valence-electron chi connectivity index (χ1n) is 7.55. The fourth-order valence-corrected chi connectivity index (χ4v) is 2.81. The molecule has 0 heterocycles. The molecule has 1 N–H and O–H groups in total. The number of anilines is 1. The lowest BCUT2D eigenvalue weighted by molar-refractivity contribution is -0.112. The van der Waals surface area contributed by atoms with Crippen molar-refractivity contribution >= 4 is 45.2 Å². The van der Waals surface area contributed by atoms with Crippen LogP contribution in [-0.2, 0) is 4.79 Å². The number of carbonyl (C=O) groups excluding carboxylic acids is 1. The van der Waals surface area contributed by atoms with Crippen molar-refractivity contribution in [1.82, 2.24) is 0 Å². The minimum Gasteiger partial charge on any atom is -0.494 e. The molecule has 0 radical (unpaired) electrons. The average molecular weight is 420 g/mol. The van der Waals surface area contributed by atoms with E-state index in [1.165, 1.54) is 6.08 Å². The number of nitriles is 1. The van der Waals surface area contributed by atoms with Crippen LogP contribution in [0.15, 0.2) is 46.4 Å². The number of carbonyl (C=O) groups is 1. The molecule has 2 aromatic rings. The predicted molar refractivity (Wildman–Crippen MR) is 104 cm³/mol. The molecule has 0 saturated heterocycles. The number of nitrogens with zero attached hydrogens (tertiary/aromatic N) is 1. The molecule has 25 heavy (non-hydrogen) atoms. The molecule has 0 bridgehead atoms. The number of benzene rings is 2. The zero-order valence-corrected chi connectivity index (χ0v) is 16.1. The molecule has 0 aliphatic rings. The Bertz CT molecular complexity index is 872. The number of aryl methyl sites for hydroxylation is 1. The van der Waals surface area contributed by atoms with Crippen LogP contribution in [-0.4, -0.2) is 12.5 Å². The van der Waals surface area contributed by atoms with E-state index >= 15 is 0 Å². The van der Waals surface area contributed by atoms with Gasteiger partial charge in [-0.2, -0.15) is 5.26 Å². The van der Waals surface area contributed by atoms with Crippen molar-refractivity contribution < 1.29 is 9.53 Å². The highest BCUT2D eigenvalue weighted by Gasteiger charge is 2.12. The molecule has 2 aromatic carbocycles. The van der Waals surface area contributed by atoms with Crippen molar-refractivity contribution in [1.29, 1.82) is 5.26 Å². The maximum absolute atomic E-state index is 12.4. The molecular formula is C19H16BrClN2O2. The van der Waals surface area contributed by atoms with E-state index in [2.05, 4.69) is 21.2 Å². The number of rotatable bonds is 5. The van der Waals surface area contributed by atoms with E-state index in [0.717, 1.165) is 10.0 Å². The zero-order chi connectivity index (χ0) is 18.4. The molecule has 0 spiro atoms. The Kier molecular flexibility index (Phi) is 6.63. The van der Waals surface area contributed by atoms with Crippen molar-refractivity contribution in [3.63, 3.8) is 0 Å². The summed E-state index contributed by atoms with van der Waals surface area (Å²) < 4.78 is 6.27.